The maximum atomic E-state index is 13.0. The Morgan fingerprint density at radius 1 is 1.09 bits per heavy atom. The normalized spacial score (nSPS) is 11.8. The van der Waals surface area contributed by atoms with Crippen LogP contribution in [0.15, 0.2) is 36.7 Å². The van der Waals surface area contributed by atoms with E-state index in [1.54, 1.807) is 25.3 Å². The molecule has 0 bridgehead atoms. The van der Waals surface area contributed by atoms with Gasteiger partial charge in [0.2, 0.25) is 0 Å². The summed E-state index contributed by atoms with van der Waals surface area (Å²) in [5.41, 5.74) is 0.270. The summed E-state index contributed by atoms with van der Waals surface area (Å²) >= 11 is 0. The van der Waals surface area contributed by atoms with E-state index in [9.17, 15) is 13.2 Å². The SMILES string of the molecule is [B]c1cnn(-c2ccc(-n3cc(C)nn3)cc2)c1C(F)(F)F. The summed E-state index contributed by atoms with van der Waals surface area (Å²) in [6.07, 6.45) is -1.89. The lowest BCUT2D eigenvalue weighted by atomic mass is 9.97. The molecular weight excluding hydrogens is 294 g/mol. The third-order valence-electron chi connectivity index (χ3n) is 3.03. The minimum atomic E-state index is -4.58. The second-order valence-electron chi connectivity index (χ2n) is 4.68. The van der Waals surface area contributed by atoms with E-state index < -0.39 is 17.3 Å². The van der Waals surface area contributed by atoms with Gasteiger partial charge < -0.3 is 0 Å². The lowest BCUT2D eigenvalue weighted by Crippen LogP contribution is -2.22. The summed E-state index contributed by atoms with van der Waals surface area (Å²) in [7, 11) is 5.36. The van der Waals surface area contributed by atoms with Gasteiger partial charge in [0, 0.05) is 6.20 Å². The molecule has 2 aromatic heterocycles. The lowest BCUT2D eigenvalue weighted by molar-refractivity contribution is -0.141. The van der Waals surface area contributed by atoms with Gasteiger partial charge in [-0.2, -0.15) is 18.3 Å². The Morgan fingerprint density at radius 3 is 2.27 bits per heavy atom. The highest BCUT2D eigenvalue weighted by Crippen LogP contribution is 2.29. The van der Waals surface area contributed by atoms with E-state index in [0.29, 0.717) is 5.69 Å². The zero-order valence-electron chi connectivity index (χ0n) is 11.4. The van der Waals surface area contributed by atoms with Crippen molar-refractivity contribution in [2.75, 3.05) is 0 Å². The van der Waals surface area contributed by atoms with Crippen LogP contribution in [-0.4, -0.2) is 32.6 Å². The standard InChI is InChI=1S/C13H9BF3N5/c1-8-7-21(20-19-8)9-2-4-10(5-3-9)22-12(13(15,16)17)11(14)6-18-22/h2-7H,1H3. The summed E-state index contributed by atoms with van der Waals surface area (Å²) in [5.74, 6) is 0. The predicted octanol–water partition coefficient (Wildman–Crippen LogP) is 1.57. The molecule has 0 saturated heterocycles. The molecule has 0 amide bonds. The van der Waals surface area contributed by atoms with Gasteiger partial charge in [0.25, 0.3) is 0 Å². The number of rotatable bonds is 2. The Morgan fingerprint density at radius 2 is 1.73 bits per heavy atom. The molecule has 110 valence electrons. The average molecular weight is 303 g/mol. The van der Waals surface area contributed by atoms with Crippen molar-refractivity contribution in [3.8, 4) is 11.4 Å². The third-order valence-corrected chi connectivity index (χ3v) is 3.03. The Bertz CT molecular complexity index is 804. The summed E-state index contributed by atoms with van der Waals surface area (Å²) < 4.78 is 41.3. The fourth-order valence-electron chi connectivity index (χ4n) is 2.06. The first kappa shape index (κ1) is 14.4. The van der Waals surface area contributed by atoms with Gasteiger partial charge in [0.15, 0.2) is 0 Å². The Hall–Kier alpha value is -2.58. The molecule has 0 aliphatic heterocycles. The second kappa shape index (κ2) is 5.01. The van der Waals surface area contributed by atoms with E-state index in [1.807, 2.05) is 0 Å². The molecule has 9 heteroatoms. The molecule has 2 radical (unpaired) electrons. The zero-order valence-corrected chi connectivity index (χ0v) is 11.4. The van der Waals surface area contributed by atoms with Gasteiger partial charge in [-0.1, -0.05) is 5.21 Å². The highest BCUT2D eigenvalue weighted by atomic mass is 19.4. The van der Waals surface area contributed by atoms with Crippen molar-refractivity contribution >= 4 is 13.3 Å². The molecule has 3 aromatic rings. The maximum Gasteiger partial charge on any atom is 0.432 e. The molecule has 0 atom stereocenters. The highest BCUT2D eigenvalue weighted by Gasteiger charge is 2.36. The molecular formula is C13H9BF3N5. The van der Waals surface area contributed by atoms with E-state index in [2.05, 4.69) is 15.4 Å². The van der Waals surface area contributed by atoms with Gasteiger partial charge in [0.1, 0.15) is 13.5 Å². The van der Waals surface area contributed by atoms with Crippen LogP contribution in [0.5, 0.6) is 0 Å². The molecule has 5 nitrogen and oxygen atoms in total. The molecule has 1 aromatic carbocycles. The molecule has 0 N–H and O–H groups in total. The first-order valence-electron chi connectivity index (χ1n) is 6.27. The molecule has 0 unspecified atom stereocenters. The summed E-state index contributed by atoms with van der Waals surface area (Å²) in [6.45, 7) is 1.79. The van der Waals surface area contributed by atoms with Crippen molar-refractivity contribution in [1.29, 1.82) is 0 Å². The predicted molar refractivity (Wildman–Crippen MR) is 73.6 cm³/mol. The number of hydrogen-bond donors (Lipinski definition) is 0. The van der Waals surface area contributed by atoms with Crippen LogP contribution in [-0.2, 0) is 6.18 Å². The first-order chi connectivity index (χ1) is 10.4. The number of alkyl halides is 3. The van der Waals surface area contributed by atoms with E-state index in [1.165, 1.54) is 16.8 Å². The minimum absolute atomic E-state index is 0.254. The van der Waals surface area contributed by atoms with Crippen molar-refractivity contribution in [2.24, 2.45) is 0 Å². The fourth-order valence-corrected chi connectivity index (χ4v) is 2.06. The van der Waals surface area contributed by atoms with Gasteiger partial charge in [-0.15, -0.1) is 5.10 Å². The van der Waals surface area contributed by atoms with E-state index in [4.69, 9.17) is 7.85 Å². The topological polar surface area (TPSA) is 48.5 Å². The van der Waals surface area contributed by atoms with E-state index >= 15 is 0 Å². The van der Waals surface area contributed by atoms with Gasteiger partial charge in [-0.25, -0.2) is 9.36 Å². The third kappa shape index (κ3) is 2.49. The fraction of sp³-hybridized carbons (Fsp3) is 0.154. The van der Waals surface area contributed by atoms with Gasteiger partial charge in [-0.3, -0.25) is 0 Å². The lowest BCUT2D eigenvalue weighted by Gasteiger charge is -2.12. The Labute approximate surface area is 124 Å². The van der Waals surface area contributed by atoms with Crippen molar-refractivity contribution in [3.05, 3.63) is 48.0 Å². The number of aryl methyl sites for hydroxylation is 1. The van der Waals surface area contributed by atoms with Crippen LogP contribution in [0, 0.1) is 6.92 Å². The molecule has 0 saturated carbocycles. The van der Waals surface area contributed by atoms with Crippen molar-refractivity contribution < 1.29 is 13.2 Å². The van der Waals surface area contributed by atoms with Gasteiger partial charge in [-0.05, 0) is 36.7 Å². The van der Waals surface area contributed by atoms with Crippen LogP contribution in [0.25, 0.3) is 11.4 Å². The van der Waals surface area contributed by atoms with Gasteiger partial charge in [0.05, 0.1) is 23.3 Å². The van der Waals surface area contributed by atoms with Crippen LogP contribution >= 0.6 is 0 Å². The molecule has 0 spiro atoms. The van der Waals surface area contributed by atoms with Crippen LogP contribution < -0.4 is 5.46 Å². The van der Waals surface area contributed by atoms with Crippen LogP contribution in [0.3, 0.4) is 0 Å². The average Bonchev–Trinajstić information content (AvgIpc) is 3.04. The summed E-state index contributed by atoms with van der Waals surface area (Å²) in [4.78, 5) is 0. The Kier molecular flexibility index (Phi) is 3.27. The van der Waals surface area contributed by atoms with Crippen molar-refractivity contribution in [3.63, 3.8) is 0 Å². The molecule has 0 fully saturated rings. The smallest absolute Gasteiger partial charge is 0.229 e. The molecule has 2 heterocycles. The monoisotopic (exact) mass is 303 g/mol. The number of aromatic nitrogens is 5. The second-order valence-corrected chi connectivity index (χ2v) is 4.68. The largest absolute Gasteiger partial charge is 0.432 e. The van der Waals surface area contributed by atoms with Crippen molar-refractivity contribution in [1.82, 2.24) is 24.8 Å². The van der Waals surface area contributed by atoms with Crippen molar-refractivity contribution in [2.45, 2.75) is 13.1 Å². The minimum Gasteiger partial charge on any atom is -0.229 e. The first-order valence-corrected chi connectivity index (χ1v) is 6.27. The number of halogens is 3. The molecule has 0 aliphatic carbocycles. The van der Waals surface area contributed by atoms with Crippen LogP contribution in [0.1, 0.15) is 11.4 Å². The number of nitrogens with zero attached hydrogens (tertiary/aromatic N) is 5. The van der Waals surface area contributed by atoms with Gasteiger partial charge >= 0.3 is 6.18 Å². The maximum absolute atomic E-state index is 13.0. The number of benzene rings is 1. The van der Waals surface area contributed by atoms with E-state index in [0.717, 1.165) is 16.6 Å². The van der Waals surface area contributed by atoms with E-state index in [-0.39, 0.29) is 5.69 Å². The summed E-state index contributed by atoms with van der Waals surface area (Å²) in [5, 5.41) is 11.4. The summed E-state index contributed by atoms with van der Waals surface area (Å²) in [6, 6.07) is 6.27. The number of hydrogen-bond acceptors (Lipinski definition) is 3. The van der Waals surface area contributed by atoms with Crippen LogP contribution in [0.4, 0.5) is 13.2 Å². The molecule has 3 rings (SSSR count). The quantitative estimate of drug-likeness (QED) is 0.675. The molecule has 0 aliphatic rings. The molecule has 22 heavy (non-hydrogen) atoms. The Balaban J connectivity index is 2.01. The van der Waals surface area contributed by atoms with Crippen LogP contribution in [0.2, 0.25) is 0 Å². The highest BCUT2D eigenvalue weighted by molar-refractivity contribution is 6.33. The zero-order chi connectivity index (χ0) is 15.9.